The molecule has 0 aliphatic carbocycles. The number of benzene rings is 2. The highest BCUT2D eigenvalue weighted by Gasteiger charge is 2.34. The van der Waals surface area contributed by atoms with Crippen LogP contribution in [0.3, 0.4) is 0 Å². The summed E-state index contributed by atoms with van der Waals surface area (Å²) in [6.45, 7) is 1.25. The van der Waals surface area contributed by atoms with E-state index in [0.717, 1.165) is 12.1 Å². The number of esters is 1. The van der Waals surface area contributed by atoms with Crippen LogP contribution in [0.15, 0.2) is 53.4 Å². The number of ether oxygens (including phenoxy) is 1. The molecule has 2 rings (SSSR count). The number of aryl methyl sites for hydroxylation is 1. The molecule has 168 valence electrons. The van der Waals surface area contributed by atoms with Crippen LogP contribution in [0.5, 0.6) is 0 Å². The Bertz CT molecular complexity index is 1040. The SMILES string of the molecule is CNS(=O)(=O)c1ccc(CCC(=O)OC(C)C(=O)Nc2ccccc2C(F)(F)F)cc1. The normalized spacial score (nSPS) is 12.8. The lowest BCUT2D eigenvalue weighted by molar-refractivity contribution is -0.153. The average Bonchev–Trinajstić information content (AvgIpc) is 2.72. The van der Waals surface area contributed by atoms with Crippen LogP contribution in [0, 0.1) is 0 Å². The van der Waals surface area contributed by atoms with E-state index in [9.17, 15) is 31.2 Å². The minimum Gasteiger partial charge on any atom is -0.453 e. The fourth-order valence-corrected chi connectivity index (χ4v) is 3.31. The van der Waals surface area contributed by atoms with Crippen LogP contribution in [-0.2, 0) is 36.9 Å². The second-order valence-corrected chi connectivity index (χ2v) is 8.40. The predicted molar refractivity (Wildman–Crippen MR) is 107 cm³/mol. The van der Waals surface area contributed by atoms with Gasteiger partial charge in [-0.05, 0) is 50.2 Å². The molecule has 2 N–H and O–H groups in total. The van der Waals surface area contributed by atoms with E-state index in [-0.39, 0.29) is 17.7 Å². The first-order valence-corrected chi connectivity index (χ1v) is 10.6. The Morgan fingerprint density at radius 2 is 1.68 bits per heavy atom. The molecule has 11 heteroatoms. The lowest BCUT2D eigenvalue weighted by Gasteiger charge is -2.16. The summed E-state index contributed by atoms with van der Waals surface area (Å²) in [5.74, 6) is -1.62. The summed E-state index contributed by atoms with van der Waals surface area (Å²) in [6.07, 6.45) is -5.83. The fourth-order valence-electron chi connectivity index (χ4n) is 2.58. The summed E-state index contributed by atoms with van der Waals surface area (Å²) < 4.78 is 69.6. The van der Waals surface area contributed by atoms with E-state index in [1.165, 1.54) is 38.2 Å². The van der Waals surface area contributed by atoms with Gasteiger partial charge in [-0.3, -0.25) is 9.59 Å². The van der Waals surface area contributed by atoms with Crippen molar-refractivity contribution in [2.24, 2.45) is 0 Å². The van der Waals surface area contributed by atoms with Gasteiger partial charge >= 0.3 is 12.1 Å². The second-order valence-electron chi connectivity index (χ2n) is 6.52. The zero-order chi connectivity index (χ0) is 23.2. The van der Waals surface area contributed by atoms with Gasteiger partial charge in [0.25, 0.3) is 5.91 Å². The van der Waals surface area contributed by atoms with E-state index in [4.69, 9.17) is 4.74 Å². The summed E-state index contributed by atoms with van der Waals surface area (Å²) in [5, 5.41) is 2.12. The van der Waals surface area contributed by atoms with Gasteiger partial charge in [0.1, 0.15) is 0 Å². The van der Waals surface area contributed by atoms with E-state index in [2.05, 4.69) is 10.0 Å². The van der Waals surface area contributed by atoms with Gasteiger partial charge in [-0.2, -0.15) is 13.2 Å². The zero-order valence-corrected chi connectivity index (χ0v) is 17.5. The first kappa shape index (κ1) is 24.4. The number of nitrogens with one attached hydrogen (secondary N) is 2. The summed E-state index contributed by atoms with van der Waals surface area (Å²) in [5.41, 5.74) is -0.770. The van der Waals surface area contributed by atoms with Gasteiger partial charge in [-0.1, -0.05) is 24.3 Å². The summed E-state index contributed by atoms with van der Waals surface area (Å²) >= 11 is 0. The monoisotopic (exact) mass is 458 g/mol. The van der Waals surface area contributed by atoms with Gasteiger partial charge in [0.15, 0.2) is 6.10 Å². The maximum atomic E-state index is 13.0. The molecule has 0 spiro atoms. The molecule has 0 heterocycles. The number of hydrogen-bond donors (Lipinski definition) is 2. The molecule has 0 aliphatic heterocycles. The Labute approximate surface area is 177 Å². The molecule has 0 saturated carbocycles. The van der Waals surface area contributed by atoms with Gasteiger partial charge in [0, 0.05) is 6.42 Å². The first-order chi connectivity index (χ1) is 14.4. The Kier molecular flexibility index (Phi) is 7.80. The maximum Gasteiger partial charge on any atom is 0.418 e. The molecule has 1 atom stereocenters. The minimum atomic E-state index is -4.65. The lowest BCUT2D eigenvalue weighted by atomic mass is 10.1. The maximum absolute atomic E-state index is 13.0. The molecule has 1 unspecified atom stereocenters. The topological polar surface area (TPSA) is 102 Å². The number of anilines is 1. The number of para-hydroxylation sites is 1. The minimum absolute atomic E-state index is 0.0748. The summed E-state index contributed by atoms with van der Waals surface area (Å²) in [7, 11) is -2.28. The van der Waals surface area contributed by atoms with Crippen LogP contribution in [0.1, 0.15) is 24.5 Å². The number of carbonyl (C=O) groups excluding carboxylic acids is 2. The predicted octanol–water partition coefficient (Wildman–Crippen LogP) is 3.12. The zero-order valence-electron chi connectivity index (χ0n) is 16.7. The molecular weight excluding hydrogens is 437 g/mol. The van der Waals surface area contributed by atoms with E-state index in [1.54, 1.807) is 12.1 Å². The van der Waals surface area contributed by atoms with Crippen LogP contribution in [0.2, 0.25) is 0 Å². The van der Waals surface area contributed by atoms with Crippen LogP contribution in [0.25, 0.3) is 0 Å². The molecule has 2 aromatic rings. The highest BCUT2D eigenvalue weighted by Crippen LogP contribution is 2.34. The molecule has 2 aromatic carbocycles. The van der Waals surface area contributed by atoms with Crippen molar-refractivity contribution < 1.29 is 35.9 Å². The van der Waals surface area contributed by atoms with Gasteiger partial charge in [-0.25, -0.2) is 13.1 Å². The third kappa shape index (κ3) is 6.79. The third-order valence-corrected chi connectivity index (χ3v) is 5.72. The Balaban J connectivity index is 1.91. The second kappa shape index (κ2) is 9.92. The van der Waals surface area contributed by atoms with E-state index in [1.807, 2.05) is 0 Å². The number of alkyl halides is 3. The van der Waals surface area contributed by atoms with Crippen molar-refractivity contribution in [1.29, 1.82) is 0 Å². The number of amides is 1. The summed E-state index contributed by atoms with van der Waals surface area (Å²) in [4.78, 5) is 24.2. The highest BCUT2D eigenvalue weighted by molar-refractivity contribution is 7.89. The van der Waals surface area contributed by atoms with Crippen LogP contribution >= 0.6 is 0 Å². The van der Waals surface area contributed by atoms with Crippen molar-refractivity contribution in [2.45, 2.75) is 36.9 Å². The molecule has 0 aromatic heterocycles. The highest BCUT2D eigenvalue weighted by atomic mass is 32.2. The Hall–Kier alpha value is -2.92. The number of carbonyl (C=O) groups is 2. The number of sulfonamides is 1. The molecule has 0 fully saturated rings. The number of halogens is 3. The average molecular weight is 458 g/mol. The van der Waals surface area contributed by atoms with Crippen molar-refractivity contribution in [3.05, 3.63) is 59.7 Å². The van der Waals surface area contributed by atoms with Crippen molar-refractivity contribution >= 4 is 27.6 Å². The fraction of sp³-hybridized carbons (Fsp3) is 0.300. The number of rotatable bonds is 8. The van der Waals surface area contributed by atoms with Crippen molar-refractivity contribution in [3.63, 3.8) is 0 Å². The molecule has 0 bridgehead atoms. The van der Waals surface area contributed by atoms with Gasteiger partial charge in [-0.15, -0.1) is 0 Å². The van der Waals surface area contributed by atoms with E-state index < -0.39 is 45.4 Å². The van der Waals surface area contributed by atoms with Crippen molar-refractivity contribution in [2.75, 3.05) is 12.4 Å². The first-order valence-electron chi connectivity index (χ1n) is 9.13. The van der Waals surface area contributed by atoms with E-state index in [0.29, 0.717) is 5.56 Å². The molecule has 0 saturated heterocycles. The molecule has 0 radical (unpaired) electrons. The van der Waals surface area contributed by atoms with Crippen LogP contribution in [0.4, 0.5) is 18.9 Å². The quantitative estimate of drug-likeness (QED) is 0.592. The van der Waals surface area contributed by atoms with Crippen molar-refractivity contribution in [1.82, 2.24) is 4.72 Å². The van der Waals surface area contributed by atoms with Gasteiger partial charge in [0.2, 0.25) is 10.0 Å². The van der Waals surface area contributed by atoms with Gasteiger partial charge < -0.3 is 10.1 Å². The molecule has 0 aliphatic rings. The Morgan fingerprint density at radius 1 is 1.06 bits per heavy atom. The molecular formula is C20H21F3N2O5S. The molecule has 7 nitrogen and oxygen atoms in total. The van der Waals surface area contributed by atoms with Gasteiger partial charge in [0.05, 0.1) is 16.1 Å². The third-order valence-electron chi connectivity index (χ3n) is 4.29. The lowest BCUT2D eigenvalue weighted by Crippen LogP contribution is -2.30. The van der Waals surface area contributed by atoms with E-state index >= 15 is 0 Å². The molecule has 31 heavy (non-hydrogen) atoms. The summed E-state index contributed by atoms with van der Waals surface area (Å²) in [6, 6.07) is 10.3. The van der Waals surface area contributed by atoms with Crippen LogP contribution < -0.4 is 10.0 Å². The Morgan fingerprint density at radius 3 is 2.26 bits per heavy atom. The smallest absolute Gasteiger partial charge is 0.418 e. The number of hydrogen-bond acceptors (Lipinski definition) is 5. The van der Waals surface area contributed by atoms with Crippen molar-refractivity contribution in [3.8, 4) is 0 Å². The van der Waals surface area contributed by atoms with Crippen LogP contribution in [-0.4, -0.2) is 33.4 Å². The molecule has 1 amide bonds. The standard InChI is InChI=1S/C20H21F3N2O5S/c1-13(19(27)25-17-6-4-3-5-16(17)20(21,22)23)30-18(26)12-9-14-7-10-15(11-8-14)31(28,29)24-2/h3-8,10-11,13,24H,9,12H2,1-2H3,(H,25,27). The largest absolute Gasteiger partial charge is 0.453 e.